The van der Waals surface area contributed by atoms with E-state index in [4.69, 9.17) is 32.7 Å². The molecule has 152 valence electrons. The van der Waals surface area contributed by atoms with Gasteiger partial charge in [-0.15, -0.1) is 0 Å². The molecule has 3 aromatic carbocycles. The van der Waals surface area contributed by atoms with E-state index in [9.17, 15) is 0 Å². The molecule has 0 aromatic heterocycles. The Morgan fingerprint density at radius 1 is 0.828 bits per heavy atom. The molecule has 29 heavy (non-hydrogen) atoms. The molecule has 3 nitrogen and oxygen atoms in total. The fraction of sp³-hybridized carbons (Fsp3) is 0.250. The molecule has 0 radical (unpaired) electrons. The van der Waals surface area contributed by atoms with Crippen molar-refractivity contribution in [1.29, 1.82) is 0 Å². The van der Waals surface area contributed by atoms with Gasteiger partial charge in [-0.05, 0) is 55.3 Å². The van der Waals surface area contributed by atoms with Crippen molar-refractivity contribution < 1.29 is 9.47 Å². The molecule has 0 atom stereocenters. The lowest BCUT2D eigenvalue weighted by atomic mass is 10.1. The molecule has 0 aliphatic heterocycles. The molecule has 0 saturated heterocycles. The first-order chi connectivity index (χ1) is 14.2. The molecule has 0 bridgehead atoms. The molecular formula is C24H25Cl2NO2. The Bertz CT molecular complexity index is 916. The smallest absolute Gasteiger partial charge is 0.161 e. The first kappa shape index (κ1) is 21.5. The molecule has 0 amide bonds. The van der Waals surface area contributed by atoms with Crippen LogP contribution in [0.25, 0.3) is 0 Å². The molecule has 0 unspecified atom stereocenters. The van der Waals surface area contributed by atoms with Crippen LogP contribution in [0.2, 0.25) is 10.0 Å². The van der Waals surface area contributed by atoms with Gasteiger partial charge in [-0.3, -0.25) is 0 Å². The van der Waals surface area contributed by atoms with Crippen LogP contribution in [0.15, 0.2) is 66.7 Å². The number of hydrogen-bond donors (Lipinski definition) is 1. The molecule has 3 rings (SSSR count). The molecule has 0 fully saturated rings. The Labute approximate surface area is 182 Å². The normalized spacial score (nSPS) is 10.7. The predicted octanol–water partition coefficient (Wildman–Crippen LogP) is 6.30. The Kier molecular flexibility index (Phi) is 8.24. The first-order valence-electron chi connectivity index (χ1n) is 9.73. The predicted molar refractivity (Wildman–Crippen MR) is 120 cm³/mol. The fourth-order valence-electron chi connectivity index (χ4n) is 2.95. The summed E-state index contributed by atoms with van der Waals surface area (Å²) < 4.78 is 11.7. The summed E-state index contributed by atoms with van der Waals surface area (Å²) in [4.78, 5) is 0. The van der Waals surface area contributed by atoms with E-state index in [0.29, 0.717) is 29.0 Å². The Morgan fingerprint density at radius 2 is 1.66 bits per heavy atom. The summed E-state index contributed by atoms with van der Waals surface area (Å²) in [6.07, 6.45) is 1.00. The Morgan fingerprint density at radius 3 is 2.41 bits per heavy atom. The number of halogens is 2. The summed E-state index contributed by atoms with van der Waals surface area (Å²) >= 11 is 12.2. The second-order valence-corrected chi connectivity index (χ2v) is 7.49. The van der Waals surface area contributed by atoms with Gasteiger partial charge >= 0.3 is 0 Å². The molecule has 0 aliphatic carbocycles. The second kappa shape index (κ2) is 11.1. The molecule has 3 aromatic rings. The van der Waals surface area contributed by atoms with Crippen molar-refractivity contribution in [3.8, 4) is 11.5 Å². The minimum atomic E-state index is 0.352. The zero-order chi connectivity index (χ0) is 20.5. The van der Waals surface area contributed by atoms with Gasteiger partial charge in [0.15, 0.2) is 11.5 Å². The number of benzene rings is 3. The quantitative estimate of drug-likeness (QED) is 0.383. The van der Waals surface area contributed by atoms with Crippen LogP contribution in [-0.2, 0) is 19.6 Å². The van der Waals surface area contributed by atoms with Crippen LogP contribution in [0.1, 0.15) is 23.6 Å². The van der Waals surface area contributed by atoms with Gasteiger partial charge in [0, 0.05) is 22.2 Å². The van der Waals surface area contributed by atoms with Crippen LogP contribution in [0.4, 0.5) is 0 Å². The topological polar surface area (TPSA) is 30.5 Å². The van der Waals surface area contributed by atoms with Gasteiger partial charge in [-0.25, -0.2) is 0 Å². The van der Waals surface area contributed by atoms with E-state index in [1.54, 1.807) is 12.1 Å². The molecule has 0 heterocycles. The van der Waals surface area contributed by atoms with Crippen molar-refractivity contribution >= 4 is 23.2 Å². The SMILES string of the molecule is CCOc1cc(CNCCc2ccccc2)ccc1OCc1ccc(Cl)cc1Cl. The standard InChI is InChI=1S/C24H25Cl2NO2/c1-2-28-24-14-19(16-27-13-12-18-6-4-3-5-7-18)8-11-23(24)29-17-20-9-10-21(25)15-22(20)26/h3-11,14-15,27H,2,12-13,16-17H2,1H3. The largest absolute Gasteiger partial charge is 0.490 e. The number of ether oxygens (including phenoxy) is 2. The highest BCUT2D eigenvalue weighted by atomic mass is 35.5. The third kappa shape index (κ3) is 6.67. The van der Waals surface area contributed by atoms with Crippen LogP contribution in [0.5, 0.6) is 11.5 Å². The van der Waals surface area contributed by atoms with Gasteiger partial charge in [0.2, 0.25) is 0 Å². The second-order valence-electron chi connectivity index (χ2n) is 6.65. The zero-order valence-corrected chi connectivity index (χ0v) is 18.0. The van der Waals surface area contributed by atoms with Crippen LogP contribution in [0.3, 0.4) is 0 Å². The van der Waals surface area contributed by atoms with E-state index in [1.165, 1.54) is 5.56 Å². The number of rotatable bonds is 10. The summed E-state index contributed by atoms with van der Waals surface area (Å²) in [7, 11) is 0. The van der Waals surface area contributed by atoms with E-state index >= 15 is 0 Å². The lowest BCUT2D eigenvalue weighted by Crippen LogP contribution is -2.16. The van der Waals surface area contributed by atoms with E-state index in [0.717, 1.165) is 36.4 Å². The molecule has 5 heteroatoms. The number of hydrogen-bond acceptors (Lipinski definition) is 3. The van der Waals surface area contributed by atoms with Gasteiger partial charge < -0.3 is 14.8 Å². The van der Waals surface area contributed by atoms with Gasteiger partial charge in [0.25, 0.3) is 0 Å². The highest BCUT2D eigenvalue weighted by Gasteiger charge is 2.09. The minimum Gasteiger partial charge on any atom is -0.490 e. The van der Waals surface area contributed by atoms with Crippen LogP contribution in [-0.4, -0.2) is 13.2 Å². The maximum Gasteiger partial charge on any atom is 0.161 e. The van der Waals surface area contributed by atoms with E-state index in [-0.39, 0.29) is 0 Å². The average Bonchev–Trinajstić information content (AvgIpc) is 2.73. The maximum atomic E-state index is 6.23. The Balaban J connectivity index is 1.57. The number of nitrogens with one attached hydrogen (secondary N) is 1. The first-order valence-corrected chi connectivity index (χ1v) is 10.5. The summed E-state index contributed by atoms with van der Waals surface area (Å²) in [5.41, 5.74) is 3.36. The van der Waals surface area contributed by atoms with Crippen LogP contribution >= 0.6 is 23.2 Å². The molecule has 1 N–H and O–H groups in total. The lowest BCUT2D eigenvalue weighted by Gasteiger charge is -2.14. The Hall–Kier alpha value is -2.20. The van der Waals surface area contributed by atoms with Crippen molar-refractivity contribution in [3.05, 3.63) is 93.5 Å². The van der Waals surface area contributed by atoms with Crippen molar-refractivity contribution in [1.82, 2.24) is 5.32 Å². The van der Waals surface area contributed by atoms with E-state index in [2.05, 4.69) is 35.6 Å². The minimum absolute atomic E-state index is 0.352. The van der Waals surface area contributed by atoms with Crippen molar-refractivity contribution in [3.63, 3.8) is 0 Å². The van der Waals surface area contributed by atoms with Gasteiger partial charge in [-0.2, -0.15) is 0 Å². The summed E-state index contributed by atoms with van der Waals surface area (Å²) in [6.45, 7) is 4.58. The van der Waals surface area contributed by atoms with Gasteiger partial charge in [-0.1, -0.05) is 65.7 Å². The van der Waals surface area contributed by atoms with Gasteiger partial charge in [0.1, 0.15) is 6.61 Å². The lowest BCUT2D eigenvalue weighted by molar-refractivity contribution is 0.269. The summed E-state index contributed by atoms with van der Waals surface area (Å²) in [5, 5.41) is 4.68. The third-order valence-corrected chi connectivity index (χ3v) is 5.06. The highest BCUT2D eigenvalue weighted by Crippen LogP contribution is 2.30. The summed E-state index contributed by atoms with van der Waals surface area (Å²) in [5.74, 6) is 1.44. The van der Waals surface area contributed by atoms with Crippen molar-refractivity contribution in [2.24, 2.45) is 0 Å². The maximum absolute atomic E-state index is 6.23. The summed E-state index contributed by atoms with van der Waals surface area (Å²) in [6, 6.07) is 21.9. The van der Waals surface area contributed by atoms with Crippen LogP contribution < -0.4 is 14.8 Å². The van der Waals surface area contributed by atoms with Crippen molar-refractivity contribution in [2.45, 2.75) is 26.5 Å². The molecule has 0 spiro atoms. The van der Waals surface area contributed by atoms with Gasteiger partial charge in [0.05, 0.1) is 6.61 Å². The molecular weight excluding hydrogens is 405 g/mol. The fourth-order valence-corrected chi connectivity index (χ4v) is 3.42. The monoisotopic (exact) mass is 429 g/mol. The average molecular weight is 430 g/mol. The van der Waals surface area contributed by atoms with Crippen LogP contribution in [0, 0.1) is 0 Å². The zero-order valence-electron chi connectivity index (χ0n) is 16.5. The molecule has 0 aliphatic rings. The molecule has 0 saturated carbocycles. The third-order valence-electron chi connectivity index (χ3n) is 4.47. The van der Waals surface area contributed by atoms with Crippen molar-refractivity contribution in [2.75, 3.05) is 13.2 Å². The highest BCUT2D eigenvalue weighted by molar-refractivity contribution is 6.35. The van der Waals surface area contributed by atoms with E-state index in [1.807, 2.05) is 31.2 Å². The van der Waals surface area contributed by atoms with E-state index < -0.39 is 0 Å².